The molecule has 0 atom stereocenters. The predicted molar refractivity (Wildman–Crippen MR) is 138 cm³/mol. The minimum Gasteiger partial charge on any atom is -0.330 e. The molecule has 1 heterocycles. The molecule has 0 spiro atoms. The number of fused-ring (bicyclic) bond motifs is 1. The normalized spacial score (nSPS) is 11.9. The fourth-order valence-corrected chi connectivity index (χ4v) is 5.91. The minimum absolute atomic E-state index is 0.0459. The number of aryl methyl sites for hydroxylation is 1. The van der Waals surface area contributed by atoms with Crippen LogP contribution in [0.25, 0.3) is 10.9 Å². The van der Waals surface area contributed by atoms with Crippen LogP contribution in [-0.4, -0.2) is 43.6 Å². The first-order valence-electron chi connectivity index (χ1n) is 11.2. The summed E-state index contributed by atoms with van der Waals surface area (Å²) in [5.74, 6) is -0.474. The number of benzene rings is 2. The molecule has 3 rings (SSSR count). The molecule has 182 valence electrons. The summed E-state index contributed by atoms with van der Waals surface area (Å²) in [6, 6.07) is 11.7. The Labute approximate surface area is 211 Å². The Balaban J connectivity index is 1.92. The Morgan fingerprint density at radius 1 is 1.00 bits per heavy atom. The van der Waals surface area contributed by atoms with E-state index >= 15 is 0 Å². The second kappa shape index (κ2) is 11.6. The highest BCUT2D eigenvalue weighted by Gasteiger charge is 2.29. The van der Waals surface area contributed by atoms with Crippen LogP contribution in [0.3, 0.4) is 0 Å². The van der Waals surface area contributed by atoms with Gasteiger partial charge < -0.3 is 5.73 Å². The van der Waals surface area contributed by atoms with E-state index in [1.807, 2.05) is 25.1 Å². The number of nitrogens with zero attached hydrogens (tertiary/aromatic N) is 2. The van der Waals surface area contributed by atoms with Gasteiger partial charge in [-0.15, -0.1) is 0 Å². The monoisotopic (exact) mass is 521 g/mol. The first-order valence-corrected chi connectivity index (χ1v) is 13.4. The van der Waals surface area contributed by atoms with Crippen molar-refractivity contribution in [1.29, 1.82) is 0 Å². The maximum absolute atomic E-state index is 13.5. The van der Waals surface area contributed by atoms with Crippen molar-refractivity contribution >= 4 is 49.9 Å². The highest BCUT2D eigenvalue weighted by Crippen LogP contribution is 2.35. The van der Waals surface area contributed by atoms with Gasteiger partial charge in [0.25, 0.3) is 0 Å². The topological polar surface area (TPSA) is 93.4 Å². The zero-order chi connectivity index (χ0) is 24.9. The van der Waals surface area contributed by atoms with Crippen molar-refractivity contribution in [1.82, 2.24) is 9.29 Å². The summed E-state index contributed by atoms with van der Waals surface area (Å²) in [7, 11) is -2.40. The molecule has 0 bridgehead atoms. The number of carbonyl (C=O) groups is 1. The van der Waals surface area contributed by atoms with Gasteiger partial charge in [-0.1, -0.05) is 60.7 Å². The quantitative estimate of drug-likeness (QED) is 0.261. The largest absolute Gasteiger partial charge is 0.330 e. The van der Waals surface area contributed by atoms with E-state index in [1.54, 1.807) is 12.1 Å². The van der Waals surface area contributed by atoms with E-state index in [0.717, 1.165) is 43.2 Å². The van der Waals surface area contributed by atoms with E-state index < -0.39 is 15.8 Å². The number of carbonyl (C=O) groups excluding carboxylic acids is 1. The van der Waals surface area contributed by atoms with Crippen molar-refractivity contribution in [2.75, 3.05) is 20.1 Å². The molecule has 0 saturated carbocycles. The highest BCUT2D eigenvalue weighted by atomic mass is 35.5. The van der Waals surface area contributed by atoms with E-state index in [1.165, 1.54) is 23.5 Å². The van der Waals surface area contributed by atoms with Crippen LogP contribution in [0, 0.1) is 6.92 Å². The molecule has 34 heavy (non-hydrogen) atoms. The van der Waals surface area contributed by atoms with Gasteiger partial charge in [-0.25, -0.2) is 12.7 Å². The summed E-state index contributed by atoms with van der Waals surface area (Å²) < 4.78 is 27.8. The molecule has 2 aromatic carbocycles. The van der Waals surface area contributed by atoms with E-state index in [4.69, 9.17) is 28.9 Å². The van der Waals surface area contributed by atoms with Crippen molar-refractivity contribution < 1.29 is 13.2 Å². The van der Waals surface area contributed by atoms with Crippen LogP contribution in [-0.2, 0) is 10.0 Å². The fourth-order valence-electron chi connectivity index (χ4n) is 3.80. The molecular weight excluding hydrogens is 493 g/mol. The van der Waals surface area contributed by atoms with Crippen molar-refractivity contribution in [2.24, 2.45) is 5.73 Å². The van der Waals surface area contributed by atoms with Gasteiger partial charge in [0, 0.05) is 30.2 Å². The maximum Gasteiger partial charge on any atom is 0.244 e. The number of pyridine rings is 1. The highest BCUT2D eigenvalue weighted by molar-refractivity contribution is 7.89. The lowest BCUT2D eigenvalue weighted by molar-refractivity contribution is 0.104. The number of halogens is 2. The molecule has 9 heteroatoms. The number of rotatable bonds is 11. The summed E-state index contributed by atoms with van der Waals surface area (Å²) in [6.45, 7) is 2.85. The number of ketones is 1. The van der Waals surface area contributed by atoms with Crippen LogP contribution in [0.1, 0.15) is 53.7 Å². The maximum atomic E-state index is 13.5. The van der Waals surface area contributed by atoms with Crippen LogP contribution < -0.4 is 5.73 Å². The van der Waals surface area contributed by atoms with E-state index in [0.29, 0.717) is 24.2 Å². The third-order valence-corrected chi connectivity index (χ3v) is 8.47. The van der Waals surface area contributed by atoms with Gasteiger partial charge in [-0.3, -0.25) is 9.78 Å². The number of hydrogen-bond donors (Lipinski definition) is 1. The summed E-state index contributed by atoms with van der Waals surface area (Å²) >= 11 is 12.9. The van der Waals surface area contributed by atoms with Crippen LogP contribution in [0.4, 0.5) is 0 Å². The summed E-state index contributed by atoms with van der Waals surface area (Å²) in [5.41, 5.74) is 7.04. The predicted octanol–water partition coefficient (Wildman–Crippen LogP) is 5.61. The number of para-hydroxylation sites is 1. The lowest BCUT2D eigenvalue weighted by Crippen LogP contribution is -2.28. The van der Waals surface area contributed by atoms with Crippen LogP contribution in [0.15, 0.2) is 47.4 Å². The molecule has 3 aromatic rings. The molecule has 0 unspecified atom stereocenters. The molecule has 0 radical (unpaired) electrons. The average Bonchev–Trinajstić information content (AvgIpc) is 2.80. The van der Waals surface area contributed by atoms with Gasteiger partial charge in [0.15, 0.2) is 5.78 Å². The van der Waals surface area contributed by atoms with E-state index in [2.05, 4.69) is 4.98 Å². The first kappa shape index (κ1) is 26.6. The Bertz CT molecular complexity index is 1300. The third-order valence-electron chi connectivity index (χ3n) is 5.75. The second-order valence-electron chi connectivity index (χ2n) is 8.28. The molecule has 0 aliphatic rings. The zero-order valence-electron chi connectivity index (χ0n) is 19.4. The molecule has 0 amide bonds. The van der Waals surface area contributed by atoms with E-state index in [9.17, 15) is 13.2 Å². The second-order valence-corrected chi connectivity index (χ2v) is 11.1. The van der Waals surface area contributed by atoms with Gasteiger partial charge in [-0.05, 0) is 50.6 Å². The van der Waals surface area contributed by atoms with Crippen LogP contribution in [0.5, 0.6) is 0 Å². The molecule has 6 nitrogen and oxygen atoms in total. The Hall–Kier alpha value is -2.03. The smallest absolute Gasteiger partial charge is 0.244 e. The van der Waals surface area contributed by atoms with E-state index in [-0.39, 0.29) is 20.5 Å². The Morgan fingerprint density at radius 2 is 1.71 bits per heavy atom. The van der Waals surface area contributed by atoms with Crippen LogP contribution in [0.2, 0.25) is 10.0 Å². The molecule has 2 N–H and O–H groups in total. The Kier molecular flexibility index (Phi) is 9.07. The van der Waals surface area contributed by atoms with Crippen molar-refractivity contribution in [3.8, 4) is 0 Å². The SMILES string of the molecule is Cc1ccc2cccc(C(=O)c3c(Cl)ccc(S(=O)(=O)N(C)CCCCCCCN)c3Cl)c2n1. The zero-order valence-corrected chi connectivity index (χ0v) is 21.7. The number of nitrogens with two attached hydrogens (primary N) is 1. The average molecular weight is 522 g/mol. The fraction of sp³-hybridized carbons (Fsp3) is 0.360. The van der Waals surface area contributed by atoms with Crippen molar-refractivity contribution in [3.05, 3.63) is 69.3 Å². The first-order chi connectivity index (χ1) is 16.2. The molecule has 0 aliphatic carbocycles. The number of sulfonamides is 1. The molecule has 0 fully saturated rings. The van der Waals surface area contributed by atoms with Gasteiger partial charge in [0.1, 0.15) is 4.90 Å². The van der Waals surface area contributed by atoms with Gasteiger partial charge >= 0.3 is 0 Å². The third kappa shape index (κ3) is 5.78. The molecule has 0 saturated heterocycles. The molecule has 1 aromatic heterocycles. The minimum atomic E-state index is -3.92. The molecular formula is C25H29Cl2N3O3S. The molecule has 0 aliphatic heterocycles. The summed E-state index contributed by atoms with van der Waals surface area (Å²) in [4.78, 5) is 17.9. The summed E-state index contributed by atoms with van der Waals surface area (Å²) in [6.07, 6.45) is 4.63. The standard InChI is InChI=1S/C25H29Cl2N3O3S/c1-17-11-12-18-9-8-10-19(24(18)29-17)25(31)22-20(26)13-14-21(23(22)27)34(32,33)30(2)16-7-5-3-4-6-15-28/h8-14H,3-7,15-16,28H2,1-2H3. The van der Waals surface area contributed by atoms with Gasteiger partial charge in [0.05, 0.1) is 21.1 Å². The lowest BCUT2D eigenvalue weighted by atomic mass is 10.00. The van der Waals surface area contributed by atoms with Crippen molar-refractivity contribution in [2.45, 2.75) is 43.9 Å². The summed E-state index contributed by atoms with van der Waals surface area (Å²) in [5, 5.41) is 0.691. The Morgan fingerprint density at radius 3 is 2.44 bits per heavy atom. The van der Waals surface area contributed by atoms with Crippen molar-refractivity contribution in [3.63, 3.8) is 0 Å². The van der Waals surface area contributed by atoms with Gasteiger partial charge in [-0.2, -0.15) is 0 Å². The number of hydrogen-bond acceptors (Lipinski definition) is 5. The number of unbranched alkanes of at least 4 members (excludes halogenated alkanes) is 4. The van der Waals surface area contributed by atoms with Gasteiger partial charge in [0.2, 0.25) is 10.0 Å². The number of aromatic nitrogens is 1. The lowest BCUT2D eigenvalue weighted by Gasteiger charge is -2.19. The van der Waals surface area contributed by atoms with Crippen LogP contribution >= 0.6 is 23.2 Å².